The molecule has 4 N–H and O–H groups in total. The van der Waals surface area contributed by atoms with Gasteiger partial charge in [0.2, 0.25) is 0 Å². The maximum atomic E-state index is 13.7. The molecule has 0 aromatic heterocycles. The lowest BCUT2D eigenvalue weighted by Crippen LogP contribution is -2.63. The minimum atomic E-state index is -1.37. The van der Waals surface area contributed by atoms with Crippen LogP contribution in [-0.4, -0.2) is 46.2 Å². The Morgan fingerprint density at radius 2 is 1.88 bits per heavy atom. The molecule has 43 heavy (non-hydrogen) atoms. The van der Waals surface area contributed by atoms with Crippen molar-refractivity contribution in [3.63, 3.8) is 0 Å². The van der Waals surface area contributed by atoms with E-state index in [2.05, 4.69) is 18.8 Å². The number of anilines is 1. The van der Waals surface area contributed by atoms with E-state index in [0.29, 0.717) is 18.5 Å². The lowest BCUT2D eigenvalue weighted by Gasteiger charge is -2.59. The van der Waals surface area contributed by atoms with Gasteiger partial charge in [-0.2, -0.15) is 0 Å². The van der Waals surface area contributed by atoms with Crippen molar-refractivity contribution in [1.82, 2.24) is 0 Å². The highest BCUT2D eigenvalue weighted by Crippen LogP contribution is 2.70. The first-order valence-electron chi connectivity index (χ1n) is 15.2. The number of aliphatic hydroxyl groups is 2. The number of fused-ring (bicyclic) bond motifs is 7. The number of Topliss-reactive ketones (excluding diaryl/α,β-unsaturated/α-hetero) is 1. The van der Waals surface area contributed by atoms with Gasteiger partial charge in [-0.3, -0.25) is 9.59 Å². The molecule has 0 radical (unpaired) electrons. The third kappa shape index (κ3) is 4.12. The molecule has 222 valence electrons. The van der Waals surface area contributed by atoms with E-state index in [0.717, 1.165) is 35.1 Å². The summed E-state index contributed by atoms with van der Waals surface area (Å²) < 4.78 is 13.2. The summed E-state index contributed by atoms with van der Waals surface area (Å²) in [5.74, 6) is 5.97. The summed E-state index contributed by atoms with van der Waals surface area (Å²) in [6.07, 6.45) is 5.85. The number of aliphatic hydroxyl groups excluding tert-OH is 2. The number of rotatable bonds is 3. The molecule has 3 saturated carbocycles. The Kier molecular flexibility index (Phi) is 6.57. The molecule has 7 nitrogen and oxygen atoms in total. The van der Waals surface area contributed by atoms with Gasteiger partial charge in [0.25, 0.3) is 0 Å². The van der Waals surface area contributed by atoms with Crippen molar-refractivity contribution < 1.29 is 29.3 Å². The highest BCUT2D eigenvalue weighted by atomic mass is 16.7. The molecule has 1 saturated heterocycles. The van der Waals surface area contributed by atoms with Crippen LogP contribution in [0.3, 0.4) is 0 Å². The Morgan fingerprint density at radius 1 is 1.12 bits per heavy atom. The number of hydrogen-bond donors (Lipinski definition) is 3. The van der Waals surface area contributed by atoms with Crippen LogP contribution in [-0.2, 0) is 19.1 Å². The van der Waals surface area contributed by atoms with Gasteiger partial charge in [-0.25, -0.2) is 0 Å². The van der Waals surface area contributed by atoms with Gasteiger partial charge in [-0.15, -0.1) is 0 Å². The third-order valence-corrected chi connectivity index (χ3v) is 11.2. The highest BCUT2D eigenvalue weighted by molar-refractivity contribution is 6.01. The number of allylic oxidation sites excluding steroid dienone is 4. The maximum Gasteiger partial charge on any atom is 0.193 e. The Hall–Kier alpha value is -3.54. The number of carbonyl (C=O) groups is 2. The van der Waals surface area contributed by atoms with Gasteiger partial charge in [0.15, 0.2) is 23.5 Å². The second kappa shape index (κ2) is 10.0. The van der Waals surface area contributed by atoms with Gasteiger partial charge >= 0.3 is 0 Å². The molecule has 0 bridgehead atoms. The standard InChI is InChI=1S/C36H37NO6/c1-34-15-14-26(39)17-24(34)12-13-27-28-18-31-36(30(41)20-38,35(28,2)19-29(40)32(27)34)43-33(42-31)23-10-8-21(9-11-23)6-7-22-4-3-5-25(37)16-22/h3-5,8-11,14-17,27-29,31-33,38,40H,12-13,18-20,37H2,1-2H3/t27-,28-,29-,31+,32+,33+,34-,35-,36+/m0/s1. The molecule has 0 amide bonds. The fourth-order valence-electron chi connectivity index (χ4n) is 9.32. The van der Waals surface area contributed by atoms with Crippen molar-refractivity contribution in [2.75, 3.05) is 12.3 Å². The normalized spacial score (nSPS) is 39.1. The zero-order chi connectivity index (χ0) is 30.1. The zero-order valence-corrected chi connectivity index (χ0v) is 24.5. The lowest BCUT2D eigenvalue weighted by molar-refractivity contribution is -0.201. The molecule has 1 aliphatic heterocycles. The predicted octanol–water partition coefficient (Wildman–Crippen LogP) is 4.27. The van der Waals surface area contributed by atoms with E-state index < -0.39 is 47.3 Å². The van der Waals surface area contributed by atoms with Crippen molar-refractivity contribution in [2.24, 2.45) is 28.6 Å². The van der Waals surface area contributed by atoms with E-state index in [9.17, 15) is 19.8 Å². The summed E-state index contributed by atoms with van der Waals surface area (Å²) in [5, 5.41) is 22.0. The van der Waals surface area contributed by atoms with Gasteiger partial charge in [0.05, 0.1) is 12.2 Å². The Morgan fingerprint density at radius 3 is 2.63 bits per heavy atom. The quantitative estimate of drug-likeness (QED) is 0.367. The molecule has 0 unspecified atom stereocenters. The van der Waals surface area contributed by atoms with Crippen LogP contribution >= 0.6 is 0 Å². The van der Waals surface area contributed by atoms with Gasteiger partial charge in [0.1, 0.15) is 6.61 Å². The zero-order valence-electron chi connectivity index (χ0n) is 24.5. The number of carbonyl (C=O) groups excluding carboxylic acids is 2. The van der Waals surface area contributed by atoms with Crippen LogP contribution < -0.4 is 5.73 Å². The molecular formula is C36H37NO6. The fraction of sp³-hybridized carbons (Fsp3) is 0.444. The number of nitrogen functional groups attached to an aromatic ring is 1. The second-order valence-corrected chi connectivity index (χ2v) is 13.3. The molecule has 7 heteroatoms. The Balaban J connectivity index is 1.17. The fourth-order valence-corrected chi connectivity index (χ4v) is 9.32. The molecule has 4 aliphatic carbocycles. The lowest BCUT2D eigenvalue weighted by atomic mass is 9.46. The number of ether oxygens (including phenoxy) is 2. The largest absolute Gasteiger partial charge is 0.399 e. The minimum absolute atomic E-state index is 0.00162. The number of nitrogens with two attached hydrogens (primary N) is 1. The second-order valence-electron chi connectivity index (χ2n) is 13.3. The topological polar surface area (TPSA) is 119 Å². The number of hydrogen-bond acceptors (Lipinski definition) is 7. The Bertz CT molecular complexity index is 1620. The van der Waals surface area contributed by atoms with Gasteiger partial charge in [-0.05, 0) is 80.0 Å². The maximum absolute atomic E-state index is 13.7. The summed E-state index contributed by atoms with van der Waals surface area (Å²) in [6, 6.07) is 15.0. The van der Waals surface area contributed by atoms with E-state index in [1.165, 1.54) is 0 Å². The molecule has 0 spiro atoms. The summed E-state index contributed by atoms with van der Waals surface area (Å²) >= 11 is 0. The average molecular weight is 580 g/mol. The van der Waals surface area contributed by atoms with E-state index in [1.54, 1.807) is 12.2 Å². The molecule has 2 aromatic rings. The summed E-state index contributed by atoms with van der Waals surface area (Å²) in [4.78, 5) is 25.9. The first kappa shape index (κ1) is 28.2. The van der Waals surface area contributed by atoms with Crippen molar-refractivity contribution in [3.8, 4) is 11.8 Å². The van der Waals surface area contributed by atoms with Crippen molar-refractivity contribution >= 4 is 17.3 Å². The molecule has 1 heterocycles. The summed E-state index contributed by atoms with van der Waals surface area (Å²) in [6.45, 7) is 3.51. The molecule has 2 aromatic carbocycles. The monoisotopic (exact) mass is 579 g/mol. The van der Waals surface area contributed by atoms with Crippen molar-refractivity contribution in [3.05, 3.63) is 89.0 Å². The SMILES string of the molecule is C[C@]12C=CC(=O)C=C1CC[C@@H]1[C@@H]2[C@@H](O)C[C@@]2(C)[C@H]1C[C@H]1O[C@@H](c3ccc(C#Cc4cccc(N)c4)cc3)O[C@]12C(=O)CO. The highest BCUT2D eigenvalue weighted by Gasteiger charge is 2.75. The van der Waals surface area contributed by atoms with E-state index in [4.69, 9.17) is 15.2 Å². The third-order valence-electron chi connectivity index (χ3n) is 11.2. The molecule has 4 fully saturated rings. The van der Waals surface area contributed by atoms with Crippen molar-refractivity contribution in [2.45, 2.75) is 63.6 Å². The molecule has 7 rings (SSSR count). The van der Waals surface area contributed by atoms with Gasteiger partial charge < -0.3 is 25.4 Å². The van der Waals surface area contributed by atoms with Crippen LogP contribution in [0.15, 0.2) is 72.3 Å². The van der Waals surface area contributed by atoms with Crippen molar-refractivity contribution in [1.29, 1.82) is 0 Å². The minimum Gasteiger partial charge on any atom is -0.399 e. The molecule has 5 aliphatic rings. The van der Waals surface area contributed by atoms with Crippen LogP contribution in [0.5, 0.6) is 0 Å². The van der Waals surface area contributed by atoms with Crippen LogP contribution in [0.2, 0.25) is 0 Å². The van der Waals surface area contributed by atoms with Crippen LogP contribution in [0.4, 0.5) is 5.69 Å². The summed E-state index contributed by atoms with van der Waals surface area (Å²) in [5.41, 5.74) is 7.49. The molecular weight excluding hydrogens is 542 g/mol. The van der Waals surface area contributed by atoms with E-state index in [1.807, 2.05) is 61.5 Å². The van der Waals surface area contributed by atoms with E-state index in [-0.39, 0.29) is 23.5 Å². The molecule has 9 atom stereocenters. The van der Waals surface area contributed by atoms with E-state index >= 15 is 0 Å². The predicted molar refractivity (Wildman–Crippen MR) is 160 cm³/mol. The average Bonchev–Trinajstić information content (AvgIpc) is 3.49. The first-order chi connectivity index (χ1) is 20.6. The van der Waals surface area contributed by atoms with Crippen LogP contribution in [0, 0.1) is 40.4 Å². The number of benzene rings is 2. The Labute approximate surface area is 251 Å². The van der Waals surface area contributed by atoms with Gasteiger partial charge in [0, 0.05) is 39.1 Å². The van der Waals surface area contributed by atoms with Crippen LogP contribution in [0.25, 0.3) is 0 Å². The smallest absolute Gasteiger partial charge is 0.193 e. The first-order valence-corrected chi connectivity index (χ1v) is 15.2. The summed E-state index contributed by atoms with van der Waals surface area (Å²) in [7, 11) is 0. The van der Waals surface area contributed by atoms with Crippen LogP contribution in [0.1, 0.15) is 62.5 Å². The number of ketones is 2. The van der Waals surface area contributed by atoms with Gasteiger partial charge in [-0.1, -0.05) is 55.5 Å².